The molecule has 0 aliphatic heterocycles. The Morgan fingerprint density at radius 1 is 1.19 bits per heavy atom. The van der Waals surface area contributed by atoms with Crippen molar-refractivity contribution >= 4 is 17.3 Å². The summed E-state index contributed by atoms with van der Waals surface area (Å²) in [5.74, 6) is 0.652. The molecule has 0 unspecified atom stereocenters. The number of rotatable bonds is 4. The molecule has 0 atom stereocenters. The second kappa shape index (κ2) is 5.03. The van der Waals surface area contributed by atoms with Crippen molar-refractivity contribution in [2.45, 2.75) is 26.8 Å². The van der Waals surface area contributed by atoms with E-state index < -0.39 is 0 Å². The van der Waals surface area contributed by atoms with Crippen LogP contribution in [-0.2, 0) is 13.0 Å². The van der Waals surface area contributed by atoms with Gasteiger partial charge in [0.2, 0.25) is 5.95 Å². The standard InChI is InChI=1S/C11H14N4S/c1-3-9-6-12-10(16-9)7-15-11-13-4-8(2)5-14-11/h4-6H,3,7H2,1-2H3,(H,13,14,15). The van der Waals surface area contributed by atoms with Crippen LogP contribution in [0.3, 0.4) is 0 Å². The van der Waals surface area contributed by atoms with Crippen molar-refractivity contribution in [1.82, 2.24) is 15.0 Å². The highest BCUT2D eigenvalue weighted by Gasteiger charge is 2.01. The smallest absolute Gasteiger partial charge is 0.222 e. The van der Waals surface area contributed by atoms with E-state index in [4.69, 9.17) is 0 Å². The van der Waals surface area contributed by atoms with Crippen LogP contribution in [0, 0.1) is 6.92 Å². The van der Waals surface area contributed by atoms with Gasteiger partial charge in [0.05, 0.1) is 6.54 Å². The second-order valence-electron chi connectivity index (χ2n) is 3.51. The number of nitrogens with one attached hydrogen (secondary N) is 1. The highest BCUT2D eigenvalue weighted by molar-refractivity contribution is 7.11. The summed E-state index contributed by atoms with van der Waals surface area (Å²) in [7, 11) is 0. The van der Waals surface area contributed by atoms with E-state index in [-0.39, 0.29) is 0 Å². The molecule has 2 aromatic heterocycles. The summed E-state index contributed by atoms with van der Waals surface area (Å²) in [5, 5.41) is 4.22. The van der Waals surface area contributed by atoms with Crippen LogP contribution in [0.1, 0.15) is 22.4 Å². The lowest BCUT2D eigenvalue weighted by Crippen LogP contribution is -2.02. The average Bonchev–Trinajstić information content (AvgIpc) is 2.76. The maximum atomic E-state index is 4.32. The molecule has 0 aliphatic carbocycles. The SMILES string of the molecule is CCc1cnc(CNc2ncc(C)cn2)s1. The normalized spacial score (nSPS) is 10.4. The Morgan fingerprint density at radius 3 is 2.56 bits per heavy atom. The third-order valence-corrected chi connectivity index (χ3v) is 3.27. The number of hydrogen-bond donors (Lipinski definition) is 1. The van der Waals surface area contributed by atoms with Crippen LogP contribution in [0.4, 0.5) is 5.95 Å². The monoisotopic (exact) mass is 234 g/mol. The quantitative estimate of drug-likeness (QED) is 0.882. The van der Waals surface area contributed by atoms with Gasteiger partial charge in [-0.15, -0.1) is 11.3 Å². The van der Waals surface area contributed by atoms with Gasteiger partial charge in [-0.1, -0.05) is 6.92 Å². The van der Waals surface area contributed by atoms with Crippen molar-refractivity contribution in [3.63, 3.8) is 0 Å². The fraction of sp³-hybridized carbons (Fsp3) is 0.364. The lowest BCUT2D eigenvalue weighted by Gasteiger charge is -2.01. The van der Waals surface area contributed by atoms with Gasteiger partial charge in [-0.05, 0) is 18.9 Å². The van der Waals surface area contributed by atoms with Crippen LogP contribution >= 0.6 is 11.3 Å². The fourth-order valence-electron chi connectivity index (χ4n) is 1.23. The molecule has 4 nitrogen and oxygen atoms in total. The molecule has 84 valence electrons. The Bertz CT molecular complexity index is 449. The minimum absolute atomic E-state index is 0.652. The largest absolute Gasteiger partial charge is 0.348 e. The molecule has 0 aliphatic rings. The van der Waals surface area contributed by atoms with E-state index in [0.717, 1.165) is 17.0 Å². The van der Waals surface area contributed by atoms with Crippen LogP contribution in [-0.4, -0.2) is 15.0 Å². The van der Waals surface area contributed by atoms with Crippen molar-refractivity contribution < 1.29 is 0 Å². The maximum Gasteiger partial charge on any atom is 0.222 e. The molecular formula is C11H14N4S. The summed E-state index contributed by atoms with van der Waals surface area (Å²) >= 11 is 1.73. The van der Waals surface area contributed by atoms with Crippen LogP contribution in [0.2, 0.25) is 0 Å². The van der Waals surface area contributed by atoms with Crippen LogP contribution in [0.5, 0.6) is 0 Å². The number of nitrogens with zero attached hydrogens (tertiary/aromatic N) is 3. The summed E-state index contributed by atoms with van der Waals surface area (Å²) in [5.41, 5.74) is 1.06. The van der Waals surface area contributed by atoms with Gasteiger partial charge in [0.1, 0.15) is 5.01 Å². The van der Waals surface area contributed by atoms with Gasteiger partial charge in [-0.2, -0.15) is 0 Å². The molecule has 16 heavy (non-hydrogen) atoms. The van der Waals surface area contributed by atoms with Gasteiger partial charge >= 0.3 is 0 Å². The highest BCUT2D eigenvalue weighted by atomic mass is 32.1. The van der Waals surface area contributed by atoms with Gasteiger partial charge in [0.15, 0.2) is 0 Å². The lowest BCUT2D eigenvalue weighted by atomic mass is 10.4. The van der Waals surface area contributed by atoms with E-state index >= 15 is 0 Å². The first-order valence-electron chi connectivity index (χ1n) is 5.24. The molecule has 2 aromatic rings. The first kappa shape index (κ1) is 11.0. The Kier molecular flexibility index (Phi) is 3.46. The molecule has 2 rings (SSSR count). The molecule has 0 aromatic carbocycles. The number of hydrogen-bond acceptors (Lipinski definition) is 5. The second-order valence-corrected chi connectivity index (χ2v) is 4.71. The minimum atomic E-state index is 0.652. The summed E-state index contributed by atoms with van der Waals surface area (Å²) in [6.07, 6.45) is 6.57. The third kappa shape index (κ3) is 2.76. The zero-order chi connectivity index (χ0) is 11.4. The zero-order valence-electron chi connectivity index (χ0n) is 9.40. The molecule has 0 spiro atoms. The topological polar surface area (TPSA) is 50.7 Å². The van der Waals surface area contributed by atoms with Crippen molar-refractivity contribution in [3.05, 3.63) is 34.0 Å². The molecule has 5 heteroatoms. The number of aryl methyl sites for hydroxylation is 2. The van der Waals surface area contributed by atoms with Crippen molar-refractivity contribution in [2.24, 2.45) is 0 Å². The molecule has 0 fully saturated rings. The predicted octanol–water partition coefficient (Wildman–Crippen LogP) is 2.42. The zero-order valence-corrected chi connectivity index (χ0v) is 10.2. The third-order valence-electron chi connectivity index (χ3n) is 2.13. The van der Waals surface area contributed by atoms with Crippen molar-refractivity contribution in [2.75, 3.05) is 5.32 Å². The van der Waals surface area contributed by atoms with E-state index in [2.05, 4.69) is 27.2 Å². The summed E-state index contributed by atoms with van der Waals surface area (Å²) < 4.78 is 0. The first-order chi connectivity index (χ1) is 7.78. The summed E-state index contributed by atoms with van der Waals surface area (Å²) in [6.45, 7) is 4.79. The van der Waals surface area contributed by atoms with Gasteiger partial charge in [0, 0.05) is 23.5 Å². The van der Waals surface area contributed by atoms with Gasteiger partial charge in [-0.25, -0.2) is 15.0 Å². The minimum Gasteiger partial charge on any atom is -0.348 e. The van der Waals surface area contributed by atoms with Crippen LogP contribution in [0.25, 0.3) is 0 Å². The summed E-state index contributed by atoms with van der Waals surface area (Å²) in [6, 6.07) is 0. The Hall–Kier alpha value is -1.49. The summed E-state index contributed by atoms with van der Waals surface area (Å²) in [4.78, 5) is 14.0. The number of thiazole rings is 1. The number of aromatic nitrogens is 3. The van der Waals surface area contributed by atoms with E-state index in [9.17, 15) is 0 Å². The van der Waals surface area contributed by atoms with E-state index in [0.29, 0.717) is 12.5 Å². The number of anilines is 1. The maximum absolute atomic E-state index is 4.32. The van der Waals surface area contributed by atoms with Crippen molar-refractivity contribution in [1.29, 1.82) is 0 Å². The van der Waals surface area contributed by atoms with Gasteiger partial charge in [0.25, 0.3) is 0 Å². The Labute approximate surface area is 98.8 Å². The van der Waals surface area contributed by atoms with E-state index in [1.54, 1.807) is 23.7 Å². The molecule has 0 amide bonds. The molecule has 0 bridgehead atoms. The molecular weight excluding hydrogens is 220 g/mol. The van der Waals surface area contributed by atoms with E-state index in [1.165, 1.54) is 4.88 Å². The van der Waals surface area contributed by atoms with Crippen LogP contribution < -0.4 is 5.32 Å². The molecule has 2 heterocycles. The molecule has 0 radical (unpaired) electrons. The Morgan fingerprint density at radius 2 is 1.94 bits per heavy atom. The van der Waals surface area contributed by atoms with E-state index in [1.807, 2.05) is 13.1 Å². The lowest BCUT2D eigenvalue weighted by molar-refractivity contribution is 1.02. The van der Waals surface area contributed by atoms with Gasteiger partial charge in [-0.3, -0.25) is 0 Å². The highest BCUT2D eigenvalue weighted by Crippen LogP contribution is 2.14. The Balaban J connectivity index is 1.94. The molecule has 0 saturated carbocycles. The predicted molar refractivity (Wildman–Crippen MR) is 65.6 cm³/mol. The van der Waals surface area contributed by atoms with Crippen LogP contribution in [0.15, 0.2) is 18.6 Å². The fourth-order valence-corrected chi connectivity index (χ4v) is 2.03. The van der Waals surface area contributed by atoms with Gasteiger partial charge < -0.3 is 5.32 Å². The first-order valence-corrected chi connectivity index (χ1v) is 6.05. The molecule has 0 saturated heterocycles. The average molecular weight is 234 g/mol. The van der Waals surface area contributed by atoms with Crippen molar-refractivity contribution in [3.8, 4) is 0 Å². The molecule has 1 N–H and O–H groups in total.